The minimum Gasteiger partial charge on any atom is -0.368 e. The minimum absolute atomic E-state index is 0.138. The first kappa shape index (κ1) is 18.9. The van der Waals surface area contributed by atoms with Crippen LogP contribution in [-0.4, -0.2) is 30.9 Å². The van der Waals surface area contributed by atoms with Crippen molar-refractivity contribution >= 4 is 19.9 Å². The highest BCUT2D eigenvalue weighted by Gasteiger charge is 2.33. The van der Waals surface area contributed by atoms with Gasteiger partial charge in [-0.05, 0) is 17.2 Å². The van der Waals surface area contributed by atoms with E-state index in [2.05, 4.69) is 55.6 Å². The van der Waals surface area contributed by atoms with Crippen LogP contribution in [-0.2, 0) is 4.79 Å². The highest BCUT2D eigenvalue weighted by atomic mass is 28.3. The maximum absolute atomic E-state index is 12.1. The van der Waals surface area contributed by atoms with Crippen molar-refractivity contribution < 1.29 is 9.59 Å². The van der Waals surface area contributed by atoms with E-state index in [4.69, 9.17) is 5.73 Å². The number of carbonyl (C=O) groups excluding carboxylic acids is 2. The number of rotatable bonds is 4. The van der Waals surface area contributed by atoms with Crippen LogP contribution >= 0.6 is 0 Å². The van der Waals surface area contributed by atoms with Crippen molar-refractivity contribution in [3.8, 4) is 11.5 Å². The van der Waals surface area contributed by atoms with Gasteiger partial charge in [0.2, 0.25) is 5.91 Å². The van der Waals surface area contributed by atoms with Gasteiger partial charge in [0.25, 0.3) is 5.91 Å². The molecule has 0 spiro atoms. The molecule has 0 aliphatic heterocycles. The molecular weight excluding hydrogens is 306 g/mol. The lowest BCUT2D eigenvalue weighted by Gasteiger charge is -2.31. The fourth-order valence-corrected chi connectivity index (χ4v) is 2.43. The molecule has 0 radical (unpaired) electrons. The topological polar surface area (TPSA) is 85.1 Å². The molecular formula is C17H25N3O2Si. The van der Waals surface area contributed by atoms with Gasteiger partial charge in [-0.3, -0.25) is 14.6 Å². The Kier molecular flexibility index (Phi) is 6.10. The van der Waals surface area contributed by atoms with Gasteiger partial charge in [-0.15, -0.1) is 11.5 Å². The maximum Gasteiger partial charge on any atom is 0.270 e. The zero-order valence-electron chi connectivity index (χ0n) is 14.4. The summed E-state index contributed by atoms with van der Waals surface area (Å²) < 4.78 is 0. The summed E-state index contributed by atoms with van der Waals surface area (Å²) in [5.41, 5.74) is 8.93. The predicted octanol–water partition coefficient (Wildman–Crippen LogP) is 2.11. The Morgan fingerprint density at radius 3 is 2.48 bits per heavy atom. The zero-order chi connectivity index (χ0) is 17.7. The van der Waals surface area contributed by atoms with Gasteiger partial charge in [-0.2, -0.15) is 0 Å². The van der Waals surface area contributed by atoms with E-state index in [0.717, 1.165) is 0 Å². The van der Waals surface area contributed by atoms with Gasteiger partial charge in [0.05, 0.1) is 0 Å². The summed E-state index contributed by atoms with van der Waals surface area (Å²) in [6, 6.07) is 4.18. The first-order chi connectivity index (χ1) is 10.5. The summed E-state index contributed by atoms with van der Waals surface area (Å²) >= 11 is 0. The van der Waals surface area contributed by atoms with Crippen molar-refractivity contribution in [2.75, 3.05) is 0 Å². The summed E-state index contributed by atoms with van der Waals surface area (Å²) in [7, 11) is -1.75. The monoisotopic (exact) mass is 331 g/mol. The van der Waals surface area contributed by atoms with Crippen LogP contribution in [0.2, 0.25) is 18.1 Å². The molecule has 5 nitrogen and oxygen atoms in total. The van der Waals surface area contributed by atoms with Crippen molar-refractivity contribution in [3.05, 3.63) is 30.1 Å². The smallest absolute Gasteiger partial charge is 0.270 e. The standard InChI is InChI=1S/C17H25N3O2Si/c1-17(2,3)23(4,5)12-8-10-13(15(18)21)20-16(22)14-9-6-7-11-19-14/h6-7,9,11,13H,10H2,1-5H3,(H2,18,21)(H,20,22)/t13-/m0/s1. The summed E-state index contributed by atoms with van der Waals surface area (Å²) in [4.78, 5) is 27.6. The molecule has 1 atom stereocenters. The Bertz CT molecular complexity index is 625. The number of nitrogens with one attached hydrogen (secondary N) is 1. The van der Waals surface area contributed by atoms with Crippen LogP contribution < -0.4 is 11.1 Å². The van der Waals surface area contributed by atoms with E-state index in [0.29, 0.717) is 0 Å². The number of carbonyl (C=O) groups is 2. The van der Waals surface area contributed by atoms with Gasteiger partial charge in [-0.1, -0.05) is 39.9 Å². The van der Waals surface area contributed by atoms with Crippen LogP contribution in [0, 0.1) is 11.5 Å². The highest BCUT2D eigenvalue weighted by molar-refractivity contribution is 6.87. The predicted molar refractivity (Wildman–Crippen MR) is 94.3 cm³/mol. The number of nitrogens with two attached hydrogens (primary N) is 1. The Morgan fingerprint density at radius 2 is 2.00 bits per heavy atom. The first-order valence-electron chi connectivity index (χ1n) is 7.56. The molecule has 3 N–H and O–H groups in total. The van der Waals surface area contributed by atoms with Crippen molar-refractivity contribution in [1.29, 1.82) is 0 Å². The number of hydrogen-bond donors (Lipinski definition) is 2. The van der Waals surface area contributed by atoms with Crippen molar-refractivity contribution in [1.82, 2.24) is 10.3 Å². The van der Waals surface area contributed by atoms with Crippen molar-refractivity contribution in [2.24, 2.45) is 5.73 Å². The summed E-state index contributed by atoms with van der Waals surface area (Å²) in [6.07, 6.45) is 1.73. The Hall–Kier alpha value is -2.13. The van der Waals surface area contributed by atoms with Gasteiger partial charge in [0, 0.05) is 12.6 Å². The molecule has 0 bridgehead atoms. The SMILES string of the molecule is CC(C)(C)[Si](C)(C)C#CC[C@H](NC(=O)c1ccccn1)C(N)=O. The van der Waals surface area contributed by atoms with Crippen molar-refractivity contribution in [2.45, 2.75) is 51.4 Å². The molecule has 1 heterocycles. The molecule has 0 aliphatic carbocycles. The van der Waals surface area contributed by atoms with Crippen LogP contribution in [0.15, 0.2) is 24.4 Å². The summed E-state index contributed by atoms with van der Waals surface area (Å²) in [5.74, 6) is 2.02. The molecule has 0 saturated heterocycles. The number of hydrogen-bond acceptors (Lipinski definition) is 3. The molecule has 6 heteroatoms. The zero-order valence-corrected chi connectivity index (χ0v) is 15.4. The third kappa shape index (κ3) is 5.53. The number of aromatic nitrogens is 1. The molecule has 1 aromatic rings. The Labute approximate surface area is 139 Å². The van der Waals surface area contributed by atoms with E-state index in [9.17, 15) is 9.59 Å². The van der Waals surface area contributed by atoms with Crippen molar-refractivity contribution in [3.63, 3.8) is 0 Å². The fraction of sp³-hybridized carbons (Fsp3) is 0.471. The summed E-state index contributed by atoms with van der Waals surface area (Å²) in [5, 5.41) is 2.73. The van der Waals surface area contributed by atoms with E-state index in [1.165, 1.54) is 6.20 Å². The lowest BCUT2D eigenvalue weighted by atomic mass is 10.2. The van der Waals surface area contributed by atoms with Crippen LogP contribution in [0.3, 0.4) is 0 Å². The average molecular weight is 331 g/mol. The van der Waals surface area contributed by atoms with Gasteiger partial charge >= 0.3 is 0 Å². The van der Waals surface area contributed by atoms with Gasteiger partial charge < -0.3 is 11.1 Å². The average Bonchev–Trinajstić information content (AvgIpc) is 2.45. The molecule has 23 heavy (non-hydrogen) atoms. The third-order valence-electron chi connectivity index (χ3n) is 4.13. The highest BCUT2D eigenvalue weighted by Crippen LogP contribution is 2.35. The second kappa shape index (κ2) is 7.42. The number of pyridine rings is 1. The molecule has 0 fully saturated rings. The minimum atomic E-state index is -1.75. The lowest BCUT2D eigenvalue weighted by molar-refractivity contribution is -0.119. The number of amides is 2. The molecule has 0 aliphatic rings. The van der Waals surface area contributed by atoms with E-state index in [-0.39, 0.29) is 17.2 Å². The quantitative estimate of drug-likeness (QED) is 0.654. The van der Waals surface area contributed by atoms with E-state index in [1.807, 2.05) is 0 Å². The molecule has 124 valence electrons. The largest absolute Gasteiger partial charge is 0.368 e. The molecule has 0 unspecified atom stereocenters. The van der Waals surface area contributed by atoms with Crippen LogP contribution in [0.1, 0.15) is 37.7 Å². The van der Waals surface area contributed by atoms with Crippen LogP contribution in [0.5, 0.6) is 0 Å². The number of primary amides is 1. The molecule has 0 saturated carbocycles. The van der Waals surface area contributed by atoms with E-state index >= 15 is 0 Å². The van der Waals surface area contributed by atoms with Gasteiger partial charge in [0.15, 0.2) is 0 Å². The Balaban J connectivity index is 2.79. The van der Waals surface area contributed by atoms with Crippen LogP contribution in [0.25, 0.3) is 0 Å². The fourth-order valence-electron chi connectivity index (χ4n) is 1.51. The maximum atomic E-state index is 12.1. The lowest BCUT2D eigenvalue weighted by Crippen LogP contribution is -2.44. The molecule has 1 aromatic heterocycles. The molecule has 1 rings (SSSR count). The first-order valence-corrected chi connectivity index (χ1v) is 10.6. The second-order valence-electron chi connectivity index (χ2n) is 7.02. The Morgan fingerprint density at radius 1 is 1.35 bits per heavy atom. The number of nitrogens with zero attached hydrogens (tertiary/aromatic N) is 1. The second-order valence-corrected chi connectivity index (χ2v) is 12.0. The normalized spacial score (nSPS) is 12.7. The van der Waals surface area contributed by atoms with Gasteiger partial charge in [-0.25, -0.2) is 0 Å². The van der Waals surface area contributed by atoms with Crippen LogP contribution in [0.4, 0.5) is 0 Å². The molecule has 0 aromatic carbocycles. The van der Waals surface area contributed by atoms with E-state index in [1.54, 1.807) is 18.2 Å². The summed E-state index contributed by atoms with van der Waals surface area (Å²) in [6.45, 7) is 10.9. The molecule has 2 amide bonds. The van der Waals surface area contributed by atoms with E-state index < -0.39 is 25.9 Å². The third-order valence-corrected chi connectivity index (χ3v) is 8.68. The van der Waals surface area contributed by atoms with Gasteiger partial charge in [0.1, 0.15) is 19.8 Å².